The van der Waals surface area contributed by atoms with Crippen LogP contribution in [0.5, 0.6) is 5.75 Å². The SMILES string of the molecule is CNCCC#Cc1ccc(OC)c([N+](=O)[O-])c1. The van der Waals surface area contributed by atoms with Crippen LogP contribution >= 0.6 is 0 Å². The number of nitrogens with zero attached hydrogens (tertiary/aromatic N) is 1. The fourth-order valence-corrected chi connectivity index (χ4v) is 1.26. The van der Waals surface area contributed by atoms with Crippen molar-refractivity contribution in [3.8, 4) is 17.6 Å². The van der Waals surface area contributed by atoms with E-state index < -0.39 is 4.92 Å². The fourth-order valence-electron chi connectivity index (χ4n) is 1.26. The van der Waals surface area contributed by atoms with Crippen LogP contribution in [0.1, 0.15) is 12.0 Å². The second-order valence-electron chi connectivity index (χ2n) is 3.30. The van der Waals surface area contributed by atoms with E-state index in [4.69, 9.17) is 4.74 Å². The Balaban J connectivity index is 2.91. The van der Waals surface area contributed by atoms with Gasteiger partial charge < -0.3 is 10.1 Å². The van der Waals surface area contributed by atoms with Gasteiger partial charge in [0.15, 0.2) is 5.75 Å². The van der Waals surface area contributed by atoms with E-state index in [1.807, 2.05) is 7.05 Å². The summed E-state index contributed by atoms with van der Waals surface area (Å²) in [6.07, 6.45) is 0.705. The maximum Gasteiger partial charge on any atom is 0.312 e. The number of nitro benzene ring substituents is 1. The van der Waals surface area contributed by atoms with Crippen LogP contribution in [0.25, 0.3) is 0 Å². The highest BCUT2D eigenvalue weighted by atomic mass is 16.6. The van der Waals surface area contributed by atoms with Crippen molar-refractivity contribution in [1.82, 2.24) is 5.32 Å². The van der Waals surface area contributed by atoms with Gasteiger partial charge in [-0.15, -0.1) is 0 Å². The Hall–Kier alpha value is -2.06. The summed E-state index contributed by atoms with van der Waals surface area (Å²) in [5.74, 6) is 6.05. The average Bonchev–Trinajstić information content (AvgIpc) is 2.34. The summed E-state index contributed by atoms with van der Waals surface area (Å²) >= 11 is 0. The van der Waals surface area contributed by atoms with Crippen LogP contribution in [0.2, 0.25) is 0 Å². The first-order valence-electron chi connectivity index (χ1n) is 5.15. The Kier molecular flexibility index (Phi) is 4.98. The van der Waals surface area contributed by atoms with Gasteiger partial charge in [-0.05, 0) is 19.2 Å². The molecule has 0 amide bonds. The first-order chi connectivity index (χ1) is 8.19. The van der Waals surface area contributed by atoms with Crippen LogP contribution in [-0.2, 0) is 0 Å². The lowest BCUT2D eigenvalue weighted by atomic mass is 10.2. The molecule has 0 spiro atoms. The van der Waals surface area contributed by atoms with Crippen LogP contribution < -0.4 is 10.1 Å². The molecule has 0 saturated carbocycles. The largest absolute Gasteiger partial charge is 0.490 e. The zero-order chi connectivity index (χ0) is 12.7. The molecular weight excluding hydrogens is 220 g/mol. The lowest BCUT2D eigenvalue weighted by Crippen LogP contribution is -2.05. The van der Waals surface area contributed by atoms with Crippen LogP contribution in [0.4, 0.5) is 5.69 Å². The van der Waals surface area contributed by atoms with Crippen molar-refractivity contribution in [3.63, 3.8) is 0 Å². The molecule has 0 aliphatic carbocycles. The number of rotatable bonds is 4. The predicted octanol–water partition coefficient (Wildman–Crippen LogP) is 1.56. The number of benzene rings is 1. The van der Waals surface area contributed by atoms with Crippen molar-refractivity contribution in [2.45, 2.75) is 6.42 Å². The Labute approximate surface area is 99.9 Å². The number of hydrogen-bond donors (Lipinski definition) is 1. The molecule has 5 heteroatoms. The summed E-state index contributed by atoms with van der Waals surface area (Å²) in [6.45, 7) is 0.797. The molecule has 0 unspecified atom stereocenters. The molecule has 0 aliphatic heterocycles. The second-order valence-corrected chi connectivity index (χ2v) is 3.30. The molecule has 0 radical (unpaired) electrons. The summed E-state index contributed by atoms with van der Waals surface area (Å²) in [5, 5.41) is 13.7. The maximum atomic E-state index is 10.8. The molecule has 0 saturated heterocycles. The molecule has 17 heavy (non-hydrogen) atoms. The normalized spacial score (nSPS) is 9.29. The van der Waals surface area contributed by atoms with Crippen LogP contribution in [-0.4, -0.2) is 25.6 Å². The van der Waals surface area contributed by atoms with Crippen molar-refractivity contribution < 1.29 is 9.66 Å². The van der Waals surface area contributed by atoms with Gasteiger partial charge in [-0.2, -0.15) is 0 Å². The first kappa shape index (κ1) is 13.0. The zero-order valence-corrected chi connectivity index (χ0v) is 9.82. The summed E-state index contributed by atoms with van der Waals surface area (Å²) in [7, 11) is 3.25. The Morgan fingerprint density at radius 3 is 2.88 bits per heavy atom. The van der Waals surface area contributed by atoms with E-state index in [0.29, 0.717) is 12.0 Å². The molecule has 0 aliphatic rings. The van der Waals surface area contributed by atoms with E-state index in [-0.39, 0.29) is 11.4 Å². The second kappa shape index (κ2) is 6.51. The highest BCUT2D eigenvalue weighted by molar-refractivity contribution is 5.52. The van der Waals surface area contributed by atoms with Gasteiger partial charge in [0.25, 0.3) is 0 Å². The number of ether oxygens (including phenoxy) is 1. The van der Waals surface area contributed by atoms with Crippen molar-refractivity contribution >= 4 is 5.69 Å². The molecule has 0 fully saturated rings. The van der Waals surface area contributed by atoms with Gasteiger partial charge in [0.2, 0.25) is 0 Å². The van der Waals surface area contributed by atoms with E-state index in [9.17, 15) is 10.1 Å². The monoisotopic (exact) mass is 234 g/mol. The molecule has 0 bridgehead atoms. The van der Waals surface area contributed by atoms with E-state index in [0.717, 1.165) is 6.54 Å². The third-order valence-corrected chi connectivity index (χ3v) is 2.11. The fraction of sp³-hybridized carbons (Fsp3) is 0.333. The van der Waals surface area contributed by atoms with Crippen LogP contribution in [0.3, 0.4) is 0 Å². The molecule has 90 valence electrons. The van der Waals surface area contributed by atoms with Crippen molar-refractivity contribution in [1.29, 1.82) is 0 Å². The molecule has 0 heterocycles. The van der Waals surface area contributed by atoms with Crippen LogP contribution in [0.15, 0.2) is 18.2 Å². The van der Waals surface area contributed by atoms with E-state index in [1.54, 1.807) is 12.1 Å². The highest BCUT2D eigenvalue weighted by Gasteiger charge is 2.14. The van der Waals surface area contributed by atoms with Crippen molar-refractivity contribution in [3.05, 3.63) is 33.9 Å². The summed E-state index contributed by atoms with van der Waals surface area (Å²) in [4.78, 5) is 10.3. The average molecular weight is 234 g/mol. The molecule has 1 N–H and O–H groups in total. The smallest absolute Gasteiger partial charge is 0.312 e. The number of methoxy groups -OCH3 is 1. The maximum absolute atomic E-state index is 10.8. The molecule has 5 nitrogen and oxygen atoms in total. The minimum atomic E-state index is -0.475. The standard InChI is InChI=1S/C12H14N2O3/c1-13-8-4-3-5-10-6-7-12(17-2)11(9-10)14(15)16/h6-7,9,13H,4,8H2,1-2H3. The Morgan fingerprint density at radius 2 is 2.29 bits per heavy atom. The zero-order valence-electron chi connectivity index (χ0n) is 9.82. The number of nitrogens with one attached hydrogen (secondary N) is 1. The molecule has 0 aromatic heterocycles. The Bertz CT molecular complexity index is 461. The van der Waals surface area contributed by atoms with Gasteiger partial charge in [0, 0.05) is 24.6 Å². The molecule has 1 aromatic carbocycles. The quantitative estimate of drug-likeness (QED) is 0.371. The van der Waals surface area contributed by atoms with Gasteiger partial charge in [-0.1, -0.05) is 11.8 Å². The molecule has 0 atom stereocenters. The van der Waals surface area contributed by atoms with Gasteiger partial charge in [0.05, 0.1) is 12.0 Å². The van der Waals surface area contributed by atoms with Crippen molar-refractivity contribution in [2.75, 3.05) is 20.7 Å². The summed E-state index contributed by atoms with van der Waals surface area (Å²) in [6, 6.07) is 4.68. The van der Waals surface area contributed by atoms with Gasteiger partial charge in [0.1, 0.15) is 0 Å². The van der Waals surface area contributed by atoms with Gasteiger partial charge in [-0.3, -0.25) is 10.1 Å². The minimum absolute atomic E-state index is 0.0621. The summed E-state index contributed by atoms with van der Waals surface area (Å²) in [5.41, 5.74) is 0.557. The molecule has 1 aromatic rings. The third kappa shape index (κ3) is 3.78. The first-order valence-corrected chi connectivity index (χ1v) is 5.15. The topological polar surface area (TPSA) is 64.4 Å². The van der Waals surface area contributed by atoms with Gasteiger partial charge >= 0.3 is 5.69 Å². The van der Waals surface area contributed by atoms with E-state index in [2.05, 4.69) is 17.2 Å². The van der Waals surface area contributed by atoms with Crippen molar-refractivity contribution in [2.24, 2.45) is 0 Å². The number of hydrogen-bond acceptors (Lipinski definition) is 4. The lowest BCUT2D eigenvalue weighted by Gasteiger charge is -2.00. The van der Waals surface area contributed by atoms with Gasteiger partial charge in [-0.25, -0.2) is 0 Å². The number of nitro groups is 1. The molecular formula is C12H14N2O3. The van der Waals surface area contributed by atoms with E-state index in [1.165, 1.54) is 13.2 Å². The molecule has 1 rings (SSSR count). The van der Waals surface area contributed by atoms with E-state index >= 15 is 0 Å². The van der Waals surface area contributed by atoms with Crippen LogP contribution in [0, 0.1) is 22.0 Å². The third-order valence-electron chi connectivity index (χ3n) is 2.11. The predicted molar refractivity (Wildman–Crippen MR) is 65.1 cm³/mol. The Morgan fingerprint density at radius 1 is 1.53 bits per heavy atom. The lowest BCUT2D eigenvalue weighted by molar-refractivity contribution is -0.385. The minimum Gasteiger partial charge on any atom is -0.490 e. The highest BCUT2D eigenvalue weighted by Crippen LogP contribution is 2.26. The summed E-state index contributed by atoms with van der Waals surface area (Å²) < 4.78 is 4.90.